The maximum absolute atomic E-state index is 10.3. The molecule has 0 saturated carbocycles. The molecule has 0 spiro atoms. The van der Waals surface area contributed by atoms with E-state index < -0.39 is 0 Å². The Labute approximate surface area is 144 Å². The first-order valence-electron chi connectivity index (χ1n) is 9.51. The second-order valence-corrected chi connectivity index (χ2v) is 5.87. The van der Waals surface area contributed by atoms with E-state index in [9.17, 15) is 9.59 Å². The van der Waals surface area contributed by atoms with Gasteiger partial charge in [0.05, 0.1) is 0 Å². The minimum absolute atomic E-state index is 0.848. The van der Waals surface area contributed by atoms with Crippen LogP contribution < -0.4 is 0 Å². The largest absolute Gasteiger partial charge is 0.299 e. The van der Waals surface area contributed by atoms with Crippen LogP contribution in [0.3, 0.4) is 0 Å². The van der Waals surface area contributed by atoms with Gasteiger partial charge in [0.2, 0.25) is 0 Å². The number of allylic oxidation sites excluding steroid dienone is 4. The normalized spacial score (nSPS) is 11.2. The fourth-order valence-electron chi connectivity index (χ4n) is 2.14. The van der Waals surface area contributed by atoms with Gasteiger partial charge in [-0.15, -0.1) is 0 Å². The maximum Gasteiger partial charge on any atom is 0.145 e. The fourth-order valence-corrected chi connectivity index (χ4v) is 2.14. The van der Waals surface area contributed by atoms with Crippen LogP contribution in [0.2, 0.25) is 0 Å². The summed E-state index contributed by atoms with van der Waals surface area (Å²) in [5, 5.41) is 0. The van der Waals surface area contributed by atoms with E-state index in [0.717, 1.165) is 37.4 Å². The monoisotopic (exact) mass is 322 g/mol. The Hall–Kier alpha value is -1.18. The molecule has 0 atom stereocenters. The van der Waals surface area contributed by atoms with Crippen molar-refractivity contribution in [2.45, 2.75) is 97.8 Å². The second-order valence-electron chi connectivity index (χ2n) is 5.87. The van der Waals surface area contributed by atoms with Crippen molar-refractivity contribution in [2.75, 3.05) is 0 Å². The molecule has 0 aliphatic heterocycles. The fraction of sp³-hybridized carbons (Fsp3) is 0.714. The molecule has 0 aromatic carbocycles. The Bertz CT molecular complexity index is 303. The van der Waals surface area contributed by atoms with Crippen molar-refractivity contribution in [3.05, 3.63) is 23.8 Å². The van der Waals surface area contributed by atoms with Gasteiger partial charge in [-0.3, -0.25) is 9.59 Å². The number of rotatable bonds is 14. The average molecular weight is 323 g/mol. The summed E-state index contributed by atoms with van der Waals surface area (Å²) in [4.78, 5) is 20.2. The lowest BCUT2D eigenvalue weighted by molar-refractivity contribution is -0.105. The van der Waals surface area contributed by atoms with E-state index in [0.29, 0.717) is 0 Å². The first-order chi connectivity index (χ1) is 11.3. The van der Waals surface area contributed by atoms with Crippen LogP contribution in [-0.4, -0.2) is 12.6 Å². The minimum Gasteiger partial charge on any atom is -0.299 e. The summed E-state index contributed by atoms with van der Waals surface area (Å²) in [6, 6.07) is 0. The van der Waals surface area contributed by atoms with Crippen LogP contribution in [-0.2, 0) is 9.59 Å². The van der Waals surface area contributed by atoms with Crippen molar-refractivity contribution in [3.8, 4) is 0 Å². The Morgan fingerprint density at radius 2 is 1.35 bits per heavy atom. The van der Waals surface area contributed by atoms with E-state index >= 15 is 0 Å². The molecule has 0 amide bonds. The van der Waals surface area contributed by atoms with E-state index in [1.165, 1.54) is 57.8 Å². The molecule has 2 heteroatoms. The average Bonchev–Trinajstić information content (AvgIpc) is 2.58. The third-order valence-electron chi connectivity index (χ3n) is 3.71. The smallest absolute Gasteiger partial charge is 0.145 e. The van der Waals surface area contributed by atoms with Gasteiger partial charge in [0, 0.05) is 0 Å². The van der Waals surface area contributed by atoms with Crippen molar-refractivity contribution in [1.29, 1.82) is 0 Å². The standard InChI is InChI=1S/C12H22O.C9H16O/c1-2-3-4-5-6-7-8-9-10-11-12-13;1-3-5-6-7-9(4-2)8-10/h10-12H,2-9H2,1H3;7-8H,3-6H2,1-2H3/b11-10-;. The number of aldehydes is 2. The Kier molecular flexibility index (Phi) is 24.2. The lowest BCUT2D eigenvalue weighted by Gasteiger charge is -1.98. The quantitative estimate of drug-likeness (QED) is 0.205. The molecule has 0 aliphatic carbocycles. The van der Waals surface area contributed by atoms with Crippen LogP contribution in [0, 0.1) is 0 Å². The van der Waals surface area contributed by atoms with Gasteiger partial charge in [0.25, 0.3) is 0 Å². The highest BCUT2D eigenvalue weighted by Gasteiger charge is 1.89. The summed E-state index contributed by atoms with van der Waals surface area (Å²) in [5.74, 6) is 0. The molecule has 0 bridgehead atoms. The van der Waals surface area contributed by atoms with Crippen molar-refractivity contribution in [3.63, 3.8) is 0 Å². The Morgan fingerprint density at radius 1 is 0.739 bits per heavy atom. The van der Waals surface area contributed by atoms with Gasteiger partial charge in [-0.05, 0) is 37.3 Å². The van der Waals surface area contributed by atoms with Gasteiger partial charge in [-0.25, -0.2) is 0 Å². The minimum atomic E-state index is 0.848. The van der Waals surface area contributed by atoms with Crippen LogP contribution in [0.5, 0.6) is 0 Å². The predicted octanol–water partition coefficient (Wildman–Crippen LogP) is 6.59. The molecule has 0 unspecified atom stereocenters. The predicted molar refractivity (Wildman–Crippen MR) is 102 cm³/mol. The SMILES string of the molecule is CCCCC=C(C=O)CC.CCCCCCCCC/C=C\C=O. The summed E-state index contributed by atoms with van der Waals surface area (Å²) in [7, 11) is 0. The zero-order valence-electron chi connectivity index (χ0n) is 15.7. The zero-order chi connectivity index (χ0) is 17.6. The van der Waals surface area contributed by atoms with Gasteiger partial charge in [-0.1, -0.05) is 84.3 Å². The number of unbranched alkanes of at least 4 members (excludes halogenated alkanes) is 9. The molecule has 0 aliphatic rings. The molecular formula is C21H38O2. The van der Waals surface area contributed by atoms with Gasteiger partial charge in [0.15, 0.2) is 0 Å². The topological polar surface area (TPSA) is 34.1 Å². The van der Waals surface area contributed by atoms with Crippen molar-refractivity contribution in [1.82, 2.24) is 0 Å². The molecule has 134 valence electrons. The van der Waals surface area contributed by atoms with Crippen LogP contribution in [0.1, 0.15) is 97.8 Å². The number of hydrogen-bond acceptors (Lipinski definition) is 2. The van der Waals surface area contributed by atoms with E-state index in [2.05, 4.69) is 13.8 Å². The number of hydrogen-bond donors (Lipinski definition) is 0. The summed E-state index contributed by atoms with van der Waals surface area (Å²) >= 11 is 0. The van der Waals surface area contributed by atoms with Crippen molar-refractivity contribution >= 4 is 12.6 Å². The summed E-state index contributed by atoms with van der Waals surface area (Å²) in [6.45, 7) is 6.40. The van der Waals surface area contributed by atoms with Crippen molar-refractivity contribution in [2.24, 2.45) is 0 Å². The van der Waals surface area contributed by atoms with E-state index in [1.54, 1.807) is 6.08 Å². The lowest BCUT2D eigenvalue weighted by Crippen LogP contribution is -1.81. The summed E-state index contributed by atoms with van der Waals surface area (Å²) < 4.78 is 0. The van der Waals surface area contributed by atoms with E-state index in [1.807, 2.05) is 19.1 Å². The Morgan fingerprint density at radius 3 is 1.87 bits per heavy atom. The van der Waals surface area contributed by atoms with E-state index in [4.69, 9.17) is 0 Å². The zero-order valence-corrected chi connectivity index (χ0v) is 15.7. The maximum atomic E-state index is 10.3. The van der Waals surface area contributed by atoms with Gasteiger partial charge in [0.1, 0.15) is 12.6 Å². The molecule has 23 heavy (non-hydrogen) atoms. The highest BCUT2D eigenvalue weighted by Crippen LogP contribution is 2.08. The van der Waals surface area contributed by atoms with Gasteiger partial charge in [-0.2, -0.15) is 0 Å². The number of carbonyl (C=O) groups is 2. The molecule has 0 aromatic heterocycles. The molecule has 2 nitrogen and oxygen atoms in total. The Balaban J connectivity index is 0. The van der Waals surface area contributed by atoms with E-state index in [-0.39, 0.29) is 0 Å². The van der Waals surface area contributed by atoms with Crippen LogP contribution >= 0.6 is 0 Å². The van der Waals surface area contributed by atoms with Crippen LogP contribution in [0.15, 0.2) is 23.8 Å². The third kappa shape index (κ3) is 23.2. The van der Waals surface area contributed by atoms with Gasteiger partial charge >= 0.3 is 0 Å². The molecule has 0 radical (unpaired) electrons. The molecule has 0 N–H and O–H groups in total. The lowest BCUT2D eigenvalue weighted by atomic mass is 10.1. The molecule has 0 saturated heterocycles. The molecule has 0 heterocycles. The third-order valence-corrected chi connectivity index (χ3v) is 3.71. The van der Waals surface area contributed by atoms with Crippen molar-refractivity contribution < 1.29 is 9.59 Å². The first kappa shape index (κ1) is 24.1. The summed E-state index contributed by atoms with van der Waals surface area (Å²) in [5.41, 5.74) is 0.938. The summed E-state index contributed by atoms with van der Waals surface area (Å²) in [6.07, 6.45) is 22.1. The molecular weight excluding hydrogens is 284 g/mol. The highest BCUT2D eigenvalue weighted by molar-refractivity contribution is 5.72. The number of carbonyl (C=O) groups excluding carboxylic acids is 2. The van der Waals surface area contributed by atoms with Crippen LogP contribution in [0.25, 0.3) is 0 Å². The van der Waals surface area contributed by atoms with Gasteiger partial charge < -0.3 is 0 Å². The van der Waals surface area contributed by atoms with Crippen LogP contribution in [0.4, 0.5) is 0 Å². The molecule has 0 aromatic rings. The highest BCUT2D eigenvalue weighted by atomic mass is 16.1. The second kappa shape index (κ2) is 23.1. The molecule has 0 rings (SSSR count). The first-order valence-corrected chi connectivity index (χ1v) is 9.51. The molecule has 0 fully saturated rings.